The molecule has 0 radical (unpaired) electrons. The predicted molar refractivity (Wildman–Crippen MR) is 99.6 cm³/mol. The van der Waals surface area contributed by atoms with Gasteiger partial charge in [0.15, 0.2) is 6.61 Å². The molecule has 142 valence electrons. The summed E-state index contributed by atoms with van der Waals surface area (Å²) in [7, 11) is 0. The topological polar surface area (TPSA) is 85.3 Å². The molecule has 7 heteroatoms. The van der Waals surface area contributed by atoms with Gasteiger partial charge in [-0.2, -0.15) is 5.10 Å². The van der Waals surface area contributed by atoms with Gasteiger partial charge in [0.25, 0.3) is 5.91 Å². The van der Waals surface area contributed by atoms with Gasteiger partial charge in [-0.25, -0.2) is 9.80 Å². The molecular weight excluding hydrogens is 360 g/mol. The number of esters is 1. The van der Waals surface area contributed by atoms with Crippen LogP contribution in [0.3, 0.4) is 0 Å². The smallest absolute Gasteiger partial charge is 0.374 e. The van der Waals surface area contributed by atoms with E-state index in [0.717, 1.165) is 16.8 Å². The van der Waals surface area contributed by atoms with Crippen molar-refractivity contribution in [3.05, 3.63) is 83.7 Å². The van der Waals surface area contributed by atoms with Gasteiger partial charge in [-0.3, -0.25) is 4.79 Å². The fourth-order valence-electron chi connectivity index (χ4n) is 3.02. The second-order valence-electron chi connectivity index (χ2n) is 6.44. The van der Waals surface area contributed by atoms with E-state index < -0.39 is 18.5 Å². The standard InChI is InChI=1S/C21H18N2O5/c1-14-6-8-15(9-7-14)16-12-17(18-4-2-10-26-18)23(22-16)20(24)13-28-21(25)19-5-3-11-27-19/h2-11,17H,12-13H2,1H3. The zero-order chi connectivity index (χ0) is 19.5. The Morgan fingerprint density at radius 2 is 1.86 bits per heavy atom. The Bertz CT molecular complexity index is 988. The molecule has 2 aromatic heterocycles. The van der Waals surface area contributed by atoms with Crippen molar-refractivity contribution >= 4 is 17.6 Å². The number of benzene rings is 1. The fraction of sp³-hybridized carbons (Fsp3) is 0.190. The van der Waals surface area contributed by atoms with Gasteiger partial charge < -0.3 is 13.6 Å². The van der Waals surface area contributed by atoms with Crippen LogP contribution in [0.1, 0.15) is 39.9 Å². The summed E-state index contributed by atoms with van der Waals surface area (Å²) in [4.78, 5) is 24.6. The summed E-state index contributed by atoms with van der Waals surface area (Å²) in [6.07, 6.45) is 3.43. The van der Waals surface area contributed by atoms with Crippen LogP contribution in [0.15, 0.2) is 75.0 Å². The van der Waals surface area contributed by atoms with Crippen molar-refractivity contribution in [1.82, 2.24) is 5.01 Å². The van der Waals surface area contributed by atoms with Crippen molar-refractivity contribution in [3.8, 4) is 0 Å². The molecule has 0 spiro atoms. The first-order valence-electron chi connectivity index (χ1n) is 8.82. The van der Waals surface area contributed by atoms with Gasteiger partial charge in [0.1, 0.15) is 11.8 Å². The van der Waals surface area contributed by atoms with Crippen LogP contribution in [0, 0.1) is 6.92 Å². The molecule has 0 bridgehead atoms. The maximum atomic E-state index is 12.7. The van der Waals surface area contributed by atoms with Gasteiger partial charge in [0.05, 0.1) is 18.2 Å². The quantitative estimate of drug-likeness (QED) is 0.632. The first-order valence-corrected chi connectivity index (χ1v) is 8.82. The molecule has 4 rings (SSSR count). The predicted octanol–water partition coefficient (Wildman–Crippen LogP) is 3.72. The van der Waals surface area contributed by atoms with Gasteiger partial charge in [-0.15, -0.1) is 0 Å². The van der Waals surface area contributed by atoms with Gasteiger partial charge in [-0.1, -0.05) is 29.8 Å². The van der Waals surface area contributed by atoms with Crippen LogP contribution in [0.5, 0.6) is 0 Å². The van der Waals surface area contributed by atoms with E-state index in [1.54, 1.807) is 24.5 Å². The number of nitrogens with zero attached hydrogens (tertiary/aromatic N) is 2. The van der Waals surface area contributed by atoms with E-state index in [1.165, 1.54) is 17.3 Å². The number of aryl methyl sites for hydroxylation is 1. The third-order valence-electron chi connectivity index (χ3n) is 4.47. The molecule has 1 unspecified atom stereocenters. The van der Waals surface area contributed by atoms with E-state index in [9.17, 15) is 9.59 Å². The molecule has 1 aliphatic rings. The molecule has 3 aromatic rings. The van der Waals surface area contributed by atoms with Crippen LogP contribution in [0.2, 0.25) is 0 Å². The lowest BCUT2D eigenvalue weighted by Gasteiger charge is -2.19. The van der Waals surface area contributed by atoms with E-state index in [1.807, 2.05) is 31.2 Å². The second kappa shape index (κ2) is 7.56. The molecular formula is C21H18N2O5. The average Bonchev–Trinajstić information content (AvgIpc) is 3.47. The Morgan fingerprint density at radius 3 is 2.54 bits per heavy atom. The summed E-state index contributed by atoms with van der Waals surface area (Å²) in [6, 6.07) is 14.2. The molecule has 0 saturated heterocycles. The van der Waals surface area contributed by atoms with Crippen LogP contribution >= 0.6 is 0 Å². The second-order valence-corrected chi connectivity index (χ2v) is 6.44. The van der Waals surface area contributed by atoms with Crippen LogP contribution < -0.4 is 0 Å². The van der Waals surface area contributed by atoms with Crippen molar-refractivity contribution in [2.45, 2.75) is 19.4 Å². The summed E-state index contributed by atoms with van der Waals surface area (Å²) < 4.78 is 15.5. The lowest BCUT2D eigenvalue weighted by molar-refractivity contribution is -0.136. The number of carbonyl (C=O) groups excluding carboxylic acids is 2. The zero-order valence-electron chi connectivity index (χ0n) is 15.2. The molecule has 0 fully saturated rings. The first-order chi connectivity index (χ1) is 13.6. The number of ether oxygens (including phenoxy) is 1. The highest BCUT2D eigenvalue weighted by Crippen LogP contribution is 2.33. The van der Waals surface area contributed by atoms with Crippen molar-refractivity contribution in [3.63, 3.8) is 0 Å². The third-order valence-corrected chi connectivity index (χ3v) is 4.47. The highest BCUT2D eigenvalue weighted by molar-refractivity contribution is 6.03. The van der Waals surface area contributed by atoms with Crippen molar-refractivity contribution in [2.75, 3.05) is 6.61 Å². The summed E-state index contributed by atoms with van der Waals surface area (Å²) >= 11 is 0. The minimum absolute atomic E-state index is 0.0423. The minimum atomic E-state index is -0.699. The van der Waals surface area contributed by atoms with Gasteiger partial charge in [-0.05, 0) is 36.8 Å². The van der Waals surface area contributed by atoms with Crippen molar-refractivity contribution in [1.29, 1.82) is 0 Å². The SMILES string of the molecule is Cc1ccc(C2=NN(C(=O)COC(=O)c3ccco3)C(c3ccco3)C2)cc1. The molecule has 1 aliphatic heterocycles. The molecule has 0 saturated carbocycles. The Labute approximate surface area is 161 Å². The molecule has 0 N–H and O–H groups in total. The number of rotatable bonds is 5. The highest BCUT2D eigenvalue weighted by atomic mass is 16.5. The van der Waals surface area contributed by atoms with Crippen LogP contribution in [0.4, 0.5) is 0 Å². The molecule has 3 heterocycles. The highest BCUT2D eigenvalue weighted by Gasteiger charge is 2.35. The summed E-state index contributed by atoms with van der Waals surface area (Å²) in [6.45, 7) is 1.57. The third kappa shape index (κ3) is 3.59. The molecule has 1 aromatic carbocycles. The lowest BCUT2D eigenvalue weighted by atomic mass is 10.0. The van der Waals surface area contributed by atoms with Crippen LogP contribution in [-0.2, 0) is 9.53 Å². The lowest BCUT2D eigenvalue weighted by Crippen LogP contribution is -2.31. The largest absolute Gasteiger partial charge is 0.467 e. The molecule has 28 heavy (non-hydrogen) atoms. The van der Waals surface area contributed by atoms with E-state index in [4.69, 9.17) is 13.6 Å². The van der Waals surface area contributed by atoms with E-state index >= 15 is 0 Å². The Hall–Kier alpha value is -3.61. The van der Waals surface area contributed by atoms with E-state index in [0.29, 0.717) is 12.2 Å². The summed E-state index contributed by atoms with van der Waals surface area (Å²) in [5.41, 5.74) is 2.85. The monoisotopic (exact) mass is 378 g/mol. The van der Waals surface area contributed by atoms with Crippen LogP contribution in [0.25, 0.3) is 0 Å². The maximum Gasteiger partial charge on any atom is 0.374 e. The van der Waals surface area contributed by atoms with Gasteiger partial charge in [0.2, 0.25) is 5.76 Å². The number of carbonyl (C=O) groups is 2. The maximum absolute atomic E-state index is 12.7. The normalized spacial score (nSPS) is 16.1. The molecule has 1 amide bonds. The number of hydrazone groups is 1. The van der Waals surface area contributed by atoms with Crippen molar-refractivity contribution < 1.29 is 23.2 Å². The van der Waals surface area contributed by atoms with E-state index in [2.05, 4.69) is 5.10 Å². The van der Waals surface area contributed by atoms with E-state index in [-0.39, 0.29) is 11.8 Å². The molecule has 7 nitrogen and oxygen atoms in total. The number of hydrogen-bond acceptors (Lipinski definition) is 6. The van der Waals surface area contributed by atoms with Gasteiger partial charge >= 0.3 is 5.97 Å². The fourth-order valence-corrected chi connectivity index (χ4v) is 3.02. The Morgan fingerprint density at radius 1 is 1.11 bits per heavy atom. The van der Waals surface area contributed by atoms with Crippen LogP contribution in [-0.4, -0.2) is 29.2 Å². The summed E-state index contributed by atoms with van der Waals surface area (Å²) in [5.74, 6) is -0.476. The molecule has 0 aliphatic carbocycles. The van der Waals surface area contributed by atoms with Crippen molar-refractivity contribution in [2.24, 2.45) is 5.10 Å². The number of hydrogen-bond donors (Lipinski definition) is 0. The Kier molecular flexibility index (Phi) is 4.80. The van der Waals surface area contributed by atoms with Gasteiger partial charge in [0, 0.05) is 6.42 Å². The summed E-state index contributed by atoms with van der Waals surface area (Å²) in [5, 5.41) is 5.81. The first kappa shape index (κ1) is 17.8. The number of amides is 1. The zero-order valence-corrected chi connectivity index (χ0v) is 15.2. The minimum Gasteiger partial charge on any atom is -0.467 e. The average molecular weight is 378 g/mol. The Balaban J connectivity index is 1.53. The number of furan rings is 2. The molecule has 1 atom stereocenters.